The lowest BCUT2D eigenvalue weighted by Crippen LogP contribution is -2.48. The molecular weight excluding hydrogens is 327 g/mol. The third-order valence-electron chi connectivity index (χ3n) is 4.70. The number of benzene rings is 1. The van der Waals surface area contributed by atoms with Gasteiger partial charge in [-0.3, -0.25) is 9.59 Å². The third kappa shape index (κ3) is 4.69. The number of hydrogen-bond donors (Lipinski definition) is 0. The van der Waals surface area contributed by atoms with Crippen molar-refractivity contribution in [1.82, 2.24) is 9.80 Å². The second kappa shape index (κ2) is 8.29. The summed E-state index contributed by atoms with van der Waals surface area (Å²) in [6.45, 7) is 3.56. The summed E-state index contributed by atoms with van der Waals surface area (Å²) < 4.78 is 23.5. The summed E-state index contributed by atoms with van der Waals surface area (Å²) in [7, 11) is 0. The van der Waals surface area contributed by atoms with Gasteiger partial charge < -0.3 is 19.3 Å². The molecule has 2 saturated heterocycles. The van der Waals surface area contributed by atoms with Crippen molar-refractivity contribution >= 4 is 11.8 Å². The van der Waals surface area contributed by atoms with Gasteiger partial charge in [0.05, 0.1) is 13.2 Å². The summed E-state index contributed by atoms with van der Waals surface area (Å²) in [6.07, 6.45) is 1.36. The summed E-state index contributed by atoms with van der Waals surface area (Å²) in [5.74, 6) is 0.178. The third-order valence-corrected chi connectivity index (χ3v) is 4.70. The van der Waals surface area contributed by atoms with Crippen molar-refractivity contribution in [3.05, 3.63) is 30.1 Å². The van der Waals surface area contributed by atoms with Crippen molar-refractivity contribution in [3.8, 4) is 5.75 Å². The molecule has 0 atom stereocenters. The first-order chi connectivity index (χ1) is 12.1. The van der Waals surface area contributed by atoms with Crippen LogP contribution >= 0.6 is 0 Å². The second-order valence-corrected chi connectivity index (χ2v) is 6.34. The lowest BCUT2D eigenvalue weighted by Gasteiger charge is -2.35. The molecule has 0 bridgehead atoms. The van der Waals surface area contributed by atoms with Crippen molar-refractivity contribution in [2.45, 2.75) is 12.8 Å². The SMILES string of the molecule is O=C(COc1ccc(F)cc1)N1CCC(C(=O)N2CCOCC2)CC1. The van der Waals surface area contributed by atoms with Gasteiger partial charge in [-0.2, -0.15) is 0 Å². The number of amides is 2. The van der Waals surface area contributed by atoms with Gasteiger partial charge in [0.25, 0.3) is 5.91 Å². The number of piperidine rings is 1. The Kier molecular flexibility index (Phi) is 5.86. The van der Waals surface area contributed by atoms with E-state index in [4.69, 9.17) is 9.47 Å². The summed E-state index contributed by atoms with van der Waals surface area (Å²) in [6, 6.07) is 5.58. The topological polar surface area (TPSA) is 59.1 Å². The molecule has 0 radical (unpaired) electrons. The van der Waals surface area contributed by atoms with Crippen molar-refractivity contribution in [3.63, 3.8) is 0 Å². The molecule has 0 aliphatic carbocycles. The number of carbonyl (C=O) groups is 2. The van der Waals surface area contributed by atoms with Gasteiger partial charge in [-0.1, -0.05) is 0 Å². The minimum Gasteiger partial charge on any atom is -0.484 e. The van der Waals surface area contributed by atoms with E-state index in [-0.39, 0.29) is 30.2 Å². The molecule has 2 aliphatic heterocycles. The van der Waals surface area contributed by atoms with Crippen LogP contribution in [0.4, 0.5) is 4.39 Å². The van der Waals surface area contributed by atoms with E-state index in [1.54, 1.807) is 4.90 Å². The van der Waals surface area contributed by atoms with E-state index in [0.29, 0.717) is 58.0 Å². The Balaban J connectivity index is 1.42. The quantitative estimate of drug-likeness (QED) is 0.821. The smallest absolute Gasteiger partial charge is 0.260 e. The Morgan fingerprint density at radius 1 is 1.04 bits per heavy atom. The van der Waals surface area contributed by atoms with Gasteiger partial charge in [0, 0.05) is 32.1 Å². The fraction of sp³-hybridized carbons (Fsp3) is 0.556. The molecular formula is C18H23FN2O4. The molecule has 2 fully saturated rings. The number of likely N-dealkylation sites (tertiary alicyclic amines) is 1. The maximum atomic E-state index is 12.8. The van der Waals surface area contributed by atoms with Crippen LogP contribution in [0.25, 0.3) is 0 Å². The second-order valence-electron chi connectivity index (χ2n) is 6.34. The van der Waals surface area contributed by atoms with Crippen LogP contribution in [0.15, 0.2) is 24.3 Å². The zero-order valence-corrected chi connectivity index (χ0v) is 14.2. The number of morpholine rings is 1. The normalized spacial score (nSPS) is 18.9. The van der Waals surface area contributed by atoms with Crippen LogP contribution in [0, 0.1) is 11.7 Å². The molecule has 3 rings (SSSR count). The molecule has 2 aliphatic rings. The molecule has 6 nitrogen and oxygen atoms in total. The Labute approximate surface area is 146 Å². The maximum Gasteiger partial charge on any atom is 0.260 e. The zero-order valence-electron chi connectivity index (χ0n) is 14.2. The van der Waals surface area contributed by atoms with Crippen molar-refractivity contribution in [1.29, 1.82) is 0 Å². The van der Waals surface area contributed by atoms with Gasteiger partial charge in [-0.05, 0) is 37.1 Å². The van der Waals surface area contributed by atoms with E-state index in [0.717, 1.165) is 0 Å². The number of ether oxygens (including phenoxy) is 2. The van der Waals surface area contributed by atoms with Gasteiger partial charge in [0.15, 0.2) is 6.61 Å². The standard InChI is InChI=1S/C18H23FN2O4/c19-15-1-3-16(4-2-15)25-13-17(22)20-7-5-14(6-8-20)18(23)21-9-11-24-12-10-21/h1-4,14H,5-13H2. The summed E-state index contributed by atoms with van der Waals surface area (Å²) in [5, 5.41) is 0. The zero-order chi connectivity index (χ0) is 17.6. The van der Waals surface area contributed by atoms with E-state index in [9.17, 15) is 14.0 Å². The van der Waals surface area contributed by atoms with Crippen LogP contribution in [0.3, 0.4) is 0 Å². The molecule has 0 unspecified atom stereocenters. The average Bonchev–Trinajstić information content (AvgIpc) is 2.67. The number of nitrogens with zero attached hydrogens (tertiary/aromatic N) is 2. The number of hydrogen-bond acceptors (Lipinski definition) is 4. The van der Waals surface area contributed by atoms with Crippen molar-refractivity contribution in [2.75, 3.05) is 46.0 Å². The first kappa shape index (κ1) is 17.7. The van der Waals surface area contributed by atoms with E-state index < -0.39 is 0 Å². The Morgan fingerprint density at radius 3 is 2.32 bits per heavy atom. The van der Waals surface area contributed by atoms with Crippen molar-refractivity contribution in [2.24, 2.45) is 5.92 Å². The Morgan fingerprint density at radius 2 is 1.68 bits per heavy atom. The highest BCUT2D eigenvalue weighted by Crippen LogP contribution is 2.21. The van der Waals surface area contributed by atoms with Crippen LogP contribution < -0.4 is 4.74 Å². The number of carbonyl (C=O) groups excluding carboxylic acids is 2. The number of halogens is 1. The summed E-state index contributed by atoms with van der Waals surface area (Å²) in [4.78, 5) is 28.3. The molecule has 2 heterocycles. The van der Waals surface area contributed by atoms with E-state index in [1.807, 2.05) is 4.90 Å². The van der Waals surface area contributed by atoms with Crippen LogP contribution in [0.5, 0.6) is 5.75 Å². The minimum atomic E-state index is -0.342. The lowest BCUT2D eigenvalue weighted by atomic mass is 9.95. The molecule has 1 aromatic carbocycles. The Hall–Kier alpha value is -2.15. The molecule has 25 heavy (non-hydrogen) atoms. The largest absolute Gasteiger partial charge is 0.484 e. The van der Waals surface area contributed by atoms with Crippen molar-refractivity contribution < 1.29 is 23.5 Å². The van der Waals surface area contributed by atoms with E-state index >= 15 is 0 Å². The molecule has 7 heteroatoms. The van der Waals surface area contributed by atoms with Crippen LogP contribution in [0.2, 0.25) is 0 Å². The van der Waals surface area contributed by atoms with Gasteiger partial charge in [0.1, 0.15) is 11.6 Å². The maximum absolute atomic E-state index is 12.8. The lowest BCUT2D eigenvalue weighted by molar-refractivity contribution is -0.144. The highest BCUT2D eigenvalue weighted by Gasteiger charge is 2.30. The van der Waals surface area contributed by atoms with E-state index in [2.05, 4.69) is 0 Å². The molecule has 0 spiro atoms. The van der Waals surface area contributed by atoms with Crippen LogP contribution in [-0.2, 0) is 14.3 Å². The van der Waals surface area contributed by atoms with Gasteiger partial charge in [-0.15, -0.1) is 0 Å². The molecule has 0 aromatic heterocycles. The van der Waals surface area contributed by atoms with Gasteiger partial charge in [-0.25, -0.2) is 4.39 Å². The van der Waals surface area contributed by atoms with Crippen LogP contribution in [-0.4, -0.2) is 67.6 Å². The highest BCUT2D eigenvalue weighted by molar-refractivity contribution is 5.80. The summed E-state index contributed by atoms with van der Waals surface area (Å²) in [5.41, 5.74) is 0. The first-order valence-electron chi connectivity index (χ1n) is 8.66. The minimum absolute atomic E-state index is 0.0137. The molecule has 0 saturated carbocycles. The first-order valence-corrected chi connectivity index (χ1v) is 8.66. The van der Waals surface area contributed by atoms with Gasteiger partial charge in [0.2, 0.25) is 5.91 Å². The molecule has 0 N–H and O–H groups in total. The monoisotopic (exact) mass is 350 g/mol. The van der Waals surface area contributed by atoms with Crippen LogP contribution in [0.1, 0.15) is 12.8 Å². The van der Waals surface area contributed by atoms with Gasteiger partial charge >= 0.3 is 0 Å². The number of rotatable bonds is 4. The molecule has 136 valence electrons. The van der Waals surface area contributed by atoms with E-state index in [1.165, 1.54) is 24.3 Å². The predicted molar refractivity (Wildman–Crippen MR) is 88.6 cm³/mol. The highest BCUT2D eigenvalue weighted by atomic mass is 19.1. The summed E-state index contributed by atoms with van der Waals surface area (Å²) >= 11 is 0. The molecule has 2 amide bonds. The predicted octanol–water partition coefficient (Wildman–Crippen LogP) is 1.30. The fourth-order valence-electron chi connectivity index (χ4n) is 3.18. The average molecular weight is 350 g/mol. The molecule has 1 aromatic rings. The fourth-order valence-corrected chi connectivity index (χ4v) is 3.18. The Bertz CT molecular complexity index is 594.